The highest BCUT2D eigenvalue weighted by Crippen LogP contribution is 2.17. The molecule has 0 bridgehead atoms. The van der Waals surface area contributed by atoms with Gasteiger partial charge in [-0.25, -0.2) is 4.79 Å². The molecule has 1 aromatic rings. The van der Waals surface area contributed by atoms with Crippen LogP contribution < -0.4 is 11.1 Å². The van der Waals surface area contributed by atoms with Crippen LogP contribution in [-0.2, 0) is 9.59 Å². The van der Waals surface area contributed by atoms with Crippen LogP contribution in [0.4, 0.5) is 0 Å². The number of carbonyl (C=O) groups excluding carboxylic acids is 2. The fraction of sp³-hybridized carbons (Fsp3) is 0.222. The van der Waals surface area contributed by atoms with E-state index in [2.05, 4.69) is 21.2 Å². The van der Waals surface area contributed by atoms with Gasteiger partial charge in [-0.15, -0.1) is 0 Å². The van der Waals surface area contributed by atoms with E-state index < -0.39 is 30.2 Å². The highest BCUT2D eigenvalue weighted by atomic mass is 79.9. The maximum absolute atomic E-state index is 11.6. The zero-order valence-electron chi connectivity index (χ0n) is 8.47. The molecule has 4 N–H and O–H groups in total. The molecule has 0 fully saturated rings. The number of carboxylic acid groups (broad SMARTS) is 1. The lowest BCUT2D eigenvalue weighted by molar-refractivity contribution is -0.140. The maximum atomic E-state index is 11.6. The van der Waals surface area contributed by atoms with Crippen molar-refractivity contribution in [1.82, 2.24) is 5.32 Å². The molecule has 1 atom stereocenters. The zero-order valence-corrected chi connectivity index (χ0v) is 10.1. The minimum absolute atomic E-state index is 0.140. The summed E-state index contributed by atoms with van der Waals surface area (Å²) >= 11 is 2.98. The first-order valence-corrected chi connectivity index (χ1v) is 5.26. The average Bonchev–Trinajstić information content (AvgIpc) is 2.62. The molecule has 0 aliphatic rings. The van der Waals surface area contributed by atoms with Crippen LogP contribution in [-0.4, -0.2) is 28.9 Å². The molecule has 0 saturated heterocycles. The van der Waals surface area contributed by atoms with Crippen molar-refractivity contribution in [1.29, 1.82) is 0 Å². The Kier molecular flexibility index (Phi) is 4.27. The molecule has 7 nitrogen and oxygen atoms in total. The first kappa shape index (κ1) is 13.2. The van der Waals surface area contributed by atoms with Crippen LogP contribution >= 0.6 is 15.9 Å². The van der Waals surface area contributed by atoms with Crippen molar-refractivity contribution < 1.29 is 23.9 Å². The minimum Gasteiger partial charge on any atom is -0.480 e. The molecule has 1 rings (SSSR count). The Balaban J connectivity index is 2.74. The molecular formula is C9H9BrN2O5. The summed E-state index contributed by atoms with van der Waals surface area (Å²) in [4.78, 5) is 33.0. The van der Waals surface area contributed by atoms with E-state index in [0.717, 1.165) is 0 Å². The number of hydrogen-bond acceptors (Lipinski definition) is 4. The van der Waals surface area contributed by atoms with Gasteiger partial charge in [0.15, 0.2) is 4.67 Å². The zero-order chi connectivity index (χ0) is 13.0. The predicted octanol–water partition coefficient (Wildman–Crippen LogP) is 0.100. The number of aliphatic carboxylic acids is 1. The van der Waals surface area contributed by atoms with Crippen molar-refractivity contribution in [2.24, 2.45) is 5.73 Å². The number of carboxylic acids is 1. The van der Waals surface area contributed by atoms with E-state index in [4.69, 9.17) is 15.3 Å². The SMILES string of the molecule is NC(=O)C[C@@H](NC(=O)c1ccoc1Br)C(=O)O. The Labute approximate surface area is 104 Å². The monoisotopic (exact) mass is 304 g/mol. The maximum Gasteiger partial charge on any atom is 0.326 e. The normalized spacial score (nSPS) is 11.8. The predicted molar refractivity (Wildman–Crippen MR) is 59.1 cm³/mol. The highest BCUT2D eigenvalue weighted by Gasteiger charge is 2.24. The second kappa shape index (κ2) is 5.48. The summed E-state index contributed by atoms with van der Waals surface area (Å²) in [5.41, 5.74) is 5.01. The standard InChI is InChI=1S/C9H9BrN2O5/c10-7-4(1-2-17-7)8(14)12-5(9(15)16)3-6(11)13/h1-2,5H,3H2,(H2,11,13)(H,12,14)(H,15,16)/t5-/m1/s1. The second-order valence-electron chi connectivity index (χ2n) is 3.14. The van der Waals surface area contributed by atoms with Crippen molar-refractivity contribution in [3.8, 4) is 0 Å². The Hall–Kier alpha value is -1.83. The lowest BCUT2D eigenvalue weighted by Crippen LogP contribution is -2.43. The number of halogens is 1. The van der Waals surface area contributed by atoms with Crippen molar-refractivity contribution in [2.45, 2.75) is 12.5 Å². The quantitative estimate of drug-likeness (QED) is 0.712. The molecule has 0 aliphatic carbocycles. The molecule has 8 heteroatoms. The summed E-state index contributed by atoms with van der Waals surface area (Å²) in [7, 11) is 0. The van der Waals surface area contributed by atoms with Gasteiger partial charge in [0.25, 0.3) is 5.91 Å². The number of hydrogen-bond donors (Lipinski definition) is 3. The Morgan fingerprint density at radius 2 is 2.18 bits per heavy atom. The summed E-state index contributed by atoms with van der Waals surface area (Å²) in [6.07, 6.45) is 0.791. The van der Waals surface area contributed by atoms with E-state index >= 15 is 0 Å². The van der Waals surface area contributed by atoms with Crippen LogP contribution in [0.25, 0.3) is 0 Å². The first-order valence-electron chi connectivity index (χ1n) is 4.46. The first-order chi connectivity index (χ1) is 7.91. The van der Waals surface area contributed by atoms with Gasteiger partial charge in [-0.1, -0.05) is 0 Å². The van der Waals surface area contributed by atoms with Crippen LogP contribution in [0, 0.1) is 0 Å². The van der Waals surface area contributed by atoms with Crippen LogP contribution in [0.5, 0.6) is 0 Å². The van der Waals surface area contributed by atoms with E-state index in [-0.39, 0.29) is 10.2 Å². The third-order valence-electron chi connectivity index (χ3n) is 1.87. The molecule has 17 heavy (non-hydrogen) atoms. The van der Waals surface area contributed by atoms with Gasteiger partial charge in [0.05, 0.1) is 18.2 Å². The molecule has 1 heterocycles. The Bertz CT molecular complexity index is 456. The summed E-state index contributed by atoms with van der Waals surface area (Å²) in [6, 6.07) is 0.00424. The van der Waals surface area contributed by atoms with Crippen molar-refractivity contribution >= 4 is 33.7 Å². The summed E-state index contributed by atoms with van der Waals surface area (Å²) in [6.45, 7) is 0. The molecule has 0 radical (unpaired) electrons. The van der Waals surface area contributed by atoms with Gasteiger partial charge in [0.2, 0.25) is 5.91 Å². The van der Waals surface area contributed by atoms with Gasteiger partial charge in [-0.2, -0.15) is 0 Å². The summed E-state index contributed by atoms with van der Waals surface area (Å²) in [5, 5.41) is 10.9. The van der Waals surface area contributed by atoms with Gasteiger partial charge < -0.3 is 20.6 Å². The van der Waals surface area contributed by atoms with Gasteiger partial charge in [0, 0.05) is 0 Å². The second-order valence-corrected chi connectivity index (χ2v) is 3.86. The van der Waals surface area contributed by atoms with Crippen LogP contribution in [0.2, 0.25) is 0 Å². The van der Waals surface area contributed by atoms with E-state index in [1.54, 1.807) is 0 Å². The molecule has 2 amide bonds. The largest absolute Gasteiger partial charge is 0.480 e. The fourth-order valence-corrected chi connectivity index (χ4v) is 1.51. The van der Waals surface area contributed by atoms with Crippen LogP contribution in [0.3, 0.4) is 0 Å². The third-order valence-corrected chi connectivity index (χ3v) is 2.49. The molecule has 0 saturated carbocycles. The summed E-state index contributed by atoms with van der Waals surface area (Å²) < 4.78 is 5.00. The number of carbonyl (C=O) groups is 3. The van der Waals surface area contributed by atoms with Gasteiger partial charge in [0.1, 0.15) is 6.04 Å². The molecule has 0 aromatic carbocycles. The average molecular weight is 305 g/mol. The van der Waals surface area contributed by atoms with E-state index in [1.807, 2.05) is 0 Å². The van der Waals surface area contributed by atoms with Crippen LogP contribution in [0.15, 0.2) is 21.4 Å². The molecule has 1 aromatic heterocycles. The smallest absolute Gasteiger partial charge is 0.326 e. The molecule has 0 spiro atoms. The fourth-order valence-electron chi connectivity index (χ4n) is 1.09. The van der Waals surface area contributed by atoms with Gasteiger partial charge in [-0.05, 0) is 22.0 Å². The molecule has 0 aliphatic heterocycles. The van der Waals surface area contributed by atoms with E-state index in [9.17, 15) is 14.4 Å². The number of nitrogens with one attached hydrogen (secondary N) is 1. The number of rotatable bonds is 5. The Morgan fingerprint density at radius 3 is 2.59 bits per heavy atom. The highest BCUT2D eigenvalue weighted by molar-refractivity contribution is 9.10. The van der Waals surface area contributed by atoms with Crippen LogP contribution in [0.1, 0.15) is 16.8 Å². The number of furan rings is 1. The number of primary amides is 1. The molecule has 0 unspecified atom stereocenters. The lowest BCUT2D eigenvalue weighted by atomic mass is 10.2. The van der Waals surface area contributed by atoms with Crippen molar-refractivity contribution in [2.75, 3.05) is 0 Å². The number of nitrogens with two attached hydrogens (primary N) is 1. The van der Waals surface area contributed by atoms with Crippen molar-refractivity contribution in [3.05, 3.63) is 22.6 Å². The molecule has 92 valence electrons. The molecular weight excluding hydrogens is 296 g/mol. The van der Waals surface area contributed by atoms with E-state index in [1.165, 1.54) is 12.3 Å². The minimum atomic E-state index is -1.36. The lowest BCUT2D eigenvalue weighted by Gasteiger charge is -2.11. The Morgan fingerprint density at radius 1 is 1.53 bits per heavy atom. The van der Waals surface area contributed by atoms with Gasteiger partial charge >= 0.3 is 5.97 Å². The topological polar surface area (TPSA) is 123 Å². The summed E-state index contributed by atoms with van der Waals surface area (Å²) in [5.74, 6) is -2.82. The number of amides is 2. The van der Waals surface area contributed by atoms with Gasteiger partial charge in [-0.3, -0.25) is 9.59 Å². The van der Waals surface area contributed by atoms with E-state index in [0.29, 0.717) is 0 Å². The van der Waals surface area contributed by atoms with Crippen molar-refractivity contribution in [3.63, 3.8) is 0 Å². The third kappa shape index (κ3) is 3.59.